The number of methoxy groups -OCH3 is 1. The van der Waals surface area contributed by atoms with Crippen LogP contribution in [0.5, 0.6) is 11.5 Å². The van der Waals surface area contributed by atoms with E-state index in [0.29, 0.717) is 24.5 Å². The second kappa shape index (κ2) is 7.20. The largest absolute Gasteiger partial charge is 0.495 e. The molecular formula is C17H18N2O2. The molecule has 108 valence electrons. The van der Waals surface area contributed by atoms with E-state index in [-0.39, 0.29) is 0 Å². The predicted molar refractivity (Wildman–Crippen MR) is 82.6 cm³/mol. The molecule has 2 aromatic carbocycles. The van der Waals surface area contributed by atoms with Crippen molar-refractivity contribution in [3.63, 3.8) is 0 Å². The van der Waals surface area contributed by atoms with Gasteiger partial charge in [0, 0.05) is 12.6 Å². The third-order valence-corrected chi connectivity index (χ3v) is 3.05. The molecular weight excluding hydrogens is 264 g/mol. The van der Waals surface area contributed by atoms with Gasteiger partial charge in [0.15, 0.2) is 0 Å². The van der Waals surface area contributed by atoms with Crippen molar-refractivity contribution in [1.29, 1.82) is 5.26 Å². The van der Waals surface area contributed by atoms with E-state index < -0.39 is 0 Å². The quantitative estimate of drug-likeness (QED) is 0.880. The minimum Gasteiger partial charge on any atom is -0.495 e. The number of benzene rings is 2. The molecule has 2 aromatic rings. The van der Waals surface area contributed by atoms with E-state index in [0.717, 1.165) is 17.0 Å². The van der Waals surface area contributed by atoms with Gasteiger partial charge in [-0.2, -0.15) is 5.26 Å². The van der Waals surface area contributed by atoms with Crippen molar-refractivity contribution in [2.75, 3.05) is 19.0 Å². The standard InChI is InChI=1S/C17H18N2O2/c1-3-21-15-7-4-13(5-8-15)12-19-16-9-6-14(11-18)10-17(16)20-2/h4-10,19H,3,12H2,1-2H3. The zero-order valence-electron chi connectivity index (χ0n) is 12.2. The monoisotopic (exact) mass is 282 g/mol. The van der Waals surface area contributed by atoms with Gasteiger partial charge in [-0.1, -0.05) is 12.1 Å². The van der Waals surface area contributed by atoms with Crippen LogP contribution in [0.2, 0.25) is 0 Å². The molecule has 0 spiro atoms. The van der Waals surface area contributed by atoms with Crippen LogP contribution in [0.25, 0.3) is 0 Å². The Kier molecular flexibility index (Phi) is 5.05. The Labute approximate surface area is 124 Å². The average Bonchev–Trinajstić information content (AvgIpc) is 2.54. The molecule has 0 amide bonds. The summed E-state index contributed by atoms with van der Waals surface area (Å²) in [5.74, 6) is 1.54. The topological polar surface area (TPSA) is 54.3 Å². The van der Waals surface area contributed by atoms with Gasteiger partial charge in [-0.15, -0.1) is 0 Å². The molecule has 4 heteroatoms. The number of hydrogen-bond donors (Lipinski definition) is 1. The van der Waals surface area contributed by atoms with Crippen molar-refractivity contribution in [3.8, 4) is 17.6 Å². The number of anilines is 1. The number of hydrogen-bond acceptors (Lipinski definition) is 4. The number of nitrogens with one attached hydrogen (secondary N) is 1. The Hall–Kier alpha value is -2.67. The molecule has 0 aromatic heterocycles. The normalized spacial score (nSPS) is 9.76. The van der Waals surface area contributed by atoms with Crippen LogP contribution in [0.15, 0.2) is 42.5 Å². The molecule has 0 fully saturated rings. The molecule has 0 bridgehead atoms. The maximum absolute atomic E-state index is 8.89. The third kappa shape index (κ3) is 3.90. The van der Waals surface area contributed by atoms with E-state index in [2.05, 4.69) is 11.4 Å². The molecule has 0 aliphatic rings. The van der Waals surface area contributed by atoms with Gasteiger partial charge in [-0.25, -0.2) is 0 Å². The predicted octanol–water partition coefficient (Wildman–Crippen LogP) is 3.58. The Morgan fingerprint density at radius 1 is 1.14 bits per heavy atom. The molecule has 2 rings (SSSR count). The molecule has 0 radical (unpaired) electrons. The summed E-state index contributed by atoms with van der Waals surface area (Å²) in [5.41, 5.74) is 2.59. The minimum atomic E-state index is 0.582. The Morgan fingerprint density at radius 3 is 2.52 bits per heavy atom. The molecule has 0 aliphatic heterocycles. The zero-order chi connectivity index (χ0) is 15.1. The van der Waals surface area contributed by atoms with Crippen molar-refractivity contribution in [2.24, 2.45) is 0 Å². The highest BCUT2D eigenvalue weighted by atomic mass is 16.5. The first kappa shape index (κ1) is 14.7. The first-order chi connectivity index (χ1) is 10.3. The lowest BCUT2D eigenvalue weighted by Crippen LogP contribution is -2.02. The molecule has 4 nitrogen and oxygen atoms in total. The Balaban J connectivity index is 2.04. The van der Waals surface area contributed by atoms with E-state index >= 15 is 0 Å². The fourth-order valence-electron chi connectivity index (χ4n) is 1.97. The SMILES string of the molecule is CCOc1ccc(CNc2ccc(C#N)cc2OC)cc1. The number of nitriles is 1. The molecule has 0 unspecified atom stereocenters. The van der Waals surface area contributed by atoms with Gasteiger partial charge in [0.25, 0.3) is 0 Å². The van der Waals surface area contributed by atoms with E-state index in [1.54, 1.807) is 19.2 Å². The maximum atomic E-state index is 8.89. The smallest absolute Gasteiger partial charge is 0.143 e. The molecule has 1 N–H and O–H groups in total. The van der Waals surface area contributed by atoms with Crippen molar-refractivity contribution >= 4 is 5.69 Å². The Bertz CT molecular complexity index is 630. The molecule has 0 saturated carbocycles. The van der Waals surface area contributed by atoms with Gasteiger partial charge in [0.05, 0.1) is 31.0 Å². The highest BCUT2D eigenvalue weighted by Crippen LogP contribution is 2.26. The summed E-state index contributed by atoms with van der Waals surface area (Å²) in [7, 11) is 1.60. The van der Waals surface area contributed by atoms with Gasteiger partial charge < -0.3 is 14.8 Å². The van der Waals surface area contributed by atoms with Gasteiger partial charge >= 0.3 is 0 Å². The summed E-state index contributed by atoms with van der Waals surface area (Å²) in [6, 6.07) is 15.4. The van der Waals surface area contributed by atoms with E-state index in [9.17, 15) is 0 Å². The fourth-order valence-corrected chi connectivity index (χ4v) is 1.97. The van der Waals surface area contributed by atoms with Crippen LogP contribution < -0.4 is 14.8 Å². The van der Waals surface area contributed by atoms with Crippen LogP contribution in [-0.2, 0) is 6.54 Å². The van der Waals surface area contributed by atoms with Crippen LogP contribution in [-0.4, -0.2) is 13.7 Å². The second-order valence-corrected chi connectivity index (χ2v) is 4.46. The molecule has 0 atom stereocenters. The summed E-state index contributed by atoms with van der Waals surface area (Å²) < 4.78 is 10.7. The first-order valence-electron chi connectivity index (χ1n) is 6.80. The number of ether oxygens (including phenoxy) is 2. The van der Waals surface area contributed by atoms with E-state index in [1.807, 2.05) is 37.3 Å². The van der Waals surface area contributed by atoms with Crippen molar-refractivity contribution in [3.05, 3.63) is 53.6 Å². The van der Waals surface area contributed by atoms with Crippen molar-refractivity contribution in [1.82, 2.24) is 0 Å². The highest BCUT2D eigenvalue weighted by molar-refractivity contribution is 5.59. The van der Waals surface area contributed by atoms with Gasteiger partial charge in [-0.05, 0) is 36.8 Å². The summed E-state index contributed by atoms with van der Waals surface area (Å²) >= 11 is 0. The van der Waals surface area contributed by atoms with Crippen LogP contribution in [0, 0.1) is 11.3 Å². The summed E-state index contributed by atoms with van der Waals surface area (Å²) in [6.45, 7) is 3.31. The fraction of sp³-hybridized carbons (Fsp3) is 0.235. The van der Waals surface area contributed by atoms with Gasteiger partial charge in [0.1, 0.15) is 11.5 Å². The zero-order valence-corrected chi connectivity index (χ0v) is 12.2. The van der Waals surface area contributed by atoms with Crippen LogP contribution >= 0.6 is 0 Å². The second-order valence-electron chi connectivity index (χ2n) is 4.46. The Morgan fingerprint density at radius 2 is 1.90 bits per heavy atom. The summed E-state index contributed by atoms with van der Waals surface area (Å²) in [6.07, 6.45) is 0. The molecule has 0 heterocycles. The van der Waals surface area contributed by atoms with Gasteiger partial charge in [0.2, 0.25) is 0 Å². The number of nitrogens with zero attached hydrogens (tertiary/aromatic N) is 1. The van der Waals surface area contributed by atoms with Crippen LogP contribution in [0.3, 0.4) is 0 Å². The first-order valence-corrected chi connectivity index (χ1v) is 6.80. The summed E-state index contributed by atoms with van der Waals surface area (Å²) in [5, 5.41) is 12.2. The molecule has 0 aliphatic carbocycles. The minimum absolute atomic E-state index is 0.582. The molecule has 21 heavy (non-hydrogen) atoms. The highest BCUT2D eigenvalue weighted by Gasteiger charge is 2.04. The lowest BCUT2D eigenvalue weighted by molar-refractivity contribution is 0.340. The van der Waals surface area contributed by atoms with Crippen molar-refractivity contribution < 1.29 is 9.47 Å². The van der Waals surface area contributed by atoms with Crippen molar-refractivity contribution in [2.45, 2.75) is 13.5 Å². The third-order valence-electron chi connectivity index (χ3n) is 3.05. The van der Waals surface area contributed by atoms with E-state index in [4.69, 9.17) is 14.7 Å². The lowest BCUT2D eigenvalue weighted by atomic mass is 10.2. The van der Waals surface area contributed by atoms with E-state index in [1.165, 1.54) is 0 Å². The van der Waals surface area contributed by atoms with Gasteiger partial charge in [-0.3, -0.25) is 0 Å². The number of rotatable bonds is 6. The van der Waals surface area contributed by atoms with Crippen LogP contribution in [0.4, 0.5) is 5.69 Å². The summed E-state index contributed by atoms with van der Waals surface area (Å²) in [4.78, 5) is 0. The molecule has 0 saturated heterocycles. The average molecular weight is 282 g/mol. The lowest BCUT2D eigenvalue weighted by Gasteiger charge is -2.12. The maximum Gasteiger partial charge on any atom is 0.143 e. The van der Waals surface area contributed by atoms with Crippen LogP contribution in [0.1, 0.15) is 18.1 Å².